The largest absolute Gasteiger partial charge is 0.350 e. The van der Waals surface area contributed by atoms with Crippen LogP contribution in [0.25, 0.3) is 0 Å². The molecule has 0 aliphatic carbocycles. The maximum absolute atomic E-state index is 12.5. The number of piperidine rings is 1. The number of benzene rings is 1. The molecule has 4 rings (SSSR count). The third-order valence-electron chi connectivity index (χ3n) is 5.49. The topological polar surface area (TPSA) is 32.3 Å². The van der Waals surface area contributed by atoms with Crippen molar-refractivity contribution in [3.05, 3.63) is 57.8 Å². The zero-order valence-electron chi connectivity index (χ0n) is 14.1. The van der Waals surface area contributed by atoms with Crippen molar-refractivity contribution in [1.82, 2.24) is 10.2 Å². The Labute approximate surface area is 147 Å². The summed E-state index contributed by atoms with van der Waals surface area (Å²) in [6.07, 6.45) is 3.07. The van der Waals surface area contributed by atoms with Crippen molar-refractivity contribution < 1.29 is 4.79 Å². The van der Waals surface area contributed by atoms with E-state index in [1.807, 2.05) is 29.5 Å². The quantitative estimate of drug-likeness (QED) is 0.924. The van der Waals surface area contributed by atoms with Crippen LogP contribution in [0.3, 0.4) is 0 Å². The molecule has 1 atom stereocenters. The van der Waals surface area contributed by atoms with Crippen molar-refractivity contribution in [2.75, 3.05) is 13.1 Å². The maximum Gasteiger partial charge on any atom is 0.228 e. The molecular formula is C20H24N2OS. The standard InChI is InChI=1S/C20H24N2OS/c1-15-7-8-17(24-15)14-22-11-9-20(10-12-22)13-18(19(23)21-20)16-5-3-2-4-6-16/h2-8,18H,9-14H2,1H3,(H,21,23). The van der Waals surface area contributed by atoms with Gasteiger partial charge in [0, 0.05) is 34.9 Å². The number of hydrogen-bond acceptors (Lipinski definition) is 3. The fourth-order valence-corrected chi connectivity index (χ4v) is 5.03. The van der Waals surface area contributed by atoms with Crippen LogP contribution >= 0.6 is 11.3 Å². The van der Waals surface area contributed by atoms with E-state index in [1.165, 1.54) is 9.75 Å². The van der Waals surface area contributed by atoms with E-state index in [4.69, 9.17) is 0 Å². The summed E-state index contributed by atoms with van der Waals surface area (Å²) >= 11 is 1.89. The molecule has 2 saturated heterocycles. The van der Waals surface area contributed by atoms with Gasteiger partial charge < -0.3 is 5.32 Å². The lowest BCUT2D eigenvalue weighted by atomic mass is 9.82. The molecule has 2 aliphatic rings. The SMILES string of the molecule is Cc1ccc(CN2CCC3(CC2)CC(c2ccccc2)C(=O)N3)s1. The molecule has 1 N–H and O–H groups in total. The van der Waals surface area contributed by atoms with Gasteiger partial charge in [0.15, 0.2) is 0 Å². The summed E-state index contributed by atoms with van der Waals surface area (Å²) in [5.41, 5.74) is 1.17. The summed E-state index contributed by atoms with van der Waals surface area (Å²) in [6.45, 7) is 5.35. The number of aryl methyl sites for hydroxylation is 1. The molecule has 0 saturated carbocycles. The van der Waals surface area contributed by atoms with E-state index in [0.29, 0.717) is 0 Å². The van der Waals surface area contributed by atoms with Gasteiger partial charge in [-0.2, -0.15) is 0 Å². The van der Waals surface area contributed by atoms with Crippen LogP contribution in [0.5, 0.6) is 0 Å². The van der Waals surface area contributed by atoms with Crippen molar-refractivity contribution in [2.45, 2.75) is 44.2 Å². The van der Waals surface area contributed by atoms with E-state index in [0.717, 1.165) is 44.5 Å². The van der Waals surface area contributed by atoms with Gasteiger partial charge in [0.05, 0.1) is 5.92 Å². The van der Waals surface area contributed by atoms with Gasteiger partial charge in [-0.05, 0) is 43.9 Å². The van der Waals surface area contributed by atoms with Crippen molar-refractivity contribution >= 4 is 17.2 Å². The van der Waals surface area contributed by atoms with Crippen molar-refractivity contribution in [3.8, 4) is 0 Å². The van der Waals surface area contributed by atoms with Gasteiger partial charge in [-0.25, -0.2) is 0 Å². The fourth-order valence-electron chi connectivity index (χ4n) is 4.10. The number of thiophene rings is 1. The first-order chi connectivity index (χ1) is 11.6. The third-order valence-corrected chi connectivity index (χ3v) is 6.48. The van der Waals surface area contributed by atoms with Gasteiger partial charge >= 0.3 is 0 Å². The van der Waals surface area contributed by atoms with E-state index in [9.17, 15) is 4.79 Å². The molecule has 4 heteroatoms. The van der Waals surface area contributed by atoms with Crippen molar-refractivity contribution in [2.24, 2.45) is 0 Å². The first-order valence-corrected chi connectivity index (χ1v) is 9.60. The summed E-state index contributed by atoms with van der Waals surface area (Å²) in [5.74, 6) is 0.237. The second-order valence-electron chi connectivity index (χ2n) is 7.23. The summed E-state index contributed by atoms with van der Waals surface area (Å²) in [6, 6.07) is 14.7. The van der Waals surface area contributed by atoms with Crippen LogP contribution in [0.1, 0.15) is 40.5 Å². The lowest BCUT2D eigenvalue weighted by molar-refractivity contribution is -0.121. The van der Waals surface area contributed by atoms with E-state index in [1.54, 1.807) is 0 Å². The van der Waals surface area contributed by atoms with Gasteiger partial charge in [-0.1, -0.05) is 30.3 Å². The normalized spacial score (nSPS) is 23.5. The zero-order valence-corrected chi connectivity index (χ0v) is 14.9. The number of rotatable bonds is 3. The molecule has 3 heterocycles. The number of amides is 1. The Morgan fingerprint density at radius 2 is 1.92 bits per heavy atom. The second-order valence-corrected chi connectivity index (χ2v) is 8.60. The second kappa shape index (κ2) is 6.34. The Bertz CT molecular complexity index is 716. The molecular weight excluding hydrogens is 316 g/mol. The zero-order chi connectivity index (χ0) is 16.6. The molecule has 2 fully saturated rings. The average Bonchev–Trinajstić information content (AvgIpc) is 3.14. The van der Waals surface area contributed by atoms with Crippen LogP contribution in [0.15, 0.2) is 42.5 Å². The number of likely N-dealkylation sites (tertiary alicyclic amines) is 1. The maximum atomic E-state index is 12.5. The van der Waals surface area contributed by atoms with Crippen LogP contribution < -0.4 is 5.32 Å². The van der Waals surface area contributed by atoms with Crippen LogP contribution in [-0.2, 0) is 11.3 Å². The monoisotopic (exact) mass is 340 g/mol. The molecule has 2 aliphatic heterocycles. The van der Waals surface area contributed by atoms with E-state index >= 15 is 0 Å². The lowest BCUT2D eigenvalue weighted by Gasteiger charge is -2.39. The summed E-state index contributed by atoms with van der Waals surface area (Å²) in [7, 11) is 0. The van der Waals surface area contributed by atoms with Gasteiger partial charge in [0.2, 0.25) is 5.91 Å². The van der Waals surface area contributed by atoms with Crippen LogP contribution in [0, 0.1) is 6.92 Å². The Hall–Kier alpha value is -1.65. The minimum absolute atomic E-state index is 0.0134. The first-order valence-electron chi connectivity index (χ1n) is 8.78. The van der Waals surface area contributed by atoms with E-state index in [2.05, 4.69) is 41.4 Å². The Kier molecular flexibility index (Phi) is 4.19. The lowest BCUT2D eigenvalue weighted by Crippen LogP contribution is -2.50. The van der Waals surface area contributed by atoms with Crippen molar-refractivity contribution in [1.29, 1.82) is 0 Å². The molecule has 1 aromatic carbocycles. The van der Waals surface area contributed by atoms with Gasteiger partial charge in [-0.3, -0.25) is 9.69 Å². The third kappa shape index (κ3) is 3.13. The van der Waals surface area contributed by atoms with Crippen LogP contribution in [0.4, 0.5) is 0 Å². The molecule has 1 amide bonds. The average molecular weight is 340 g/mol. The molecule has 126 valence electrons. The molecule has 0 bridgehead atoms. The minimum Gasteiger partial charge on any atom is -0.350 e. The Morgan fingerprint density at radius 3 is 2.58 bits per heavy atom. The first kappa shape index (κ1) is 15.9. The fraction of sp³-hybridized carbons (Fsp3) is 0.450. The predicted octanol–water partition coefficient (Wildman–Crippen LogP) is 3.69. The highest BCUT2D eigenvalue weighted by molar-refractivity contribution is 7.11. The van der Waals surface area contributed by atoms with Gasteiger partial charge in [-0.15, -0.1) is 11.3 Å². The number of nitrogens with zero attached hydrogens (tertiary/aromatic N) is 1. The highest BCUT2D eigenvalue weighted by Crippen LogP contribution is 2.39. The van der Waals surface area contributed by atoms with Gasteiger partial charge in [0.1, 0.15) is 0 Å². The molecule has 24 heavy (non-hydrogen) atoms. The summed E-state index contributed by atoms with van der Waals surface area (Å²) in [4.78, 5) is 17.9. The molecule has 1 spiro atoms. The Morgan fingerprint density at radius 1 is 1.17 bits per heavy atom. The smallest absolute Gasteiger partial charge is 0.228 e. The van der Waals surface area contributed by atoms with Crippen LogP contribution in [-0.4, -0.2) is 29.4 Å². The van der Waals surface area contributed by atoms with E-state index < -0.39 is 0 Å². The Balaban J connectivity index is 1.39. The van der Waals surface area contributed by atoms with Crippen LogP contribution in [0.2, 0.25) is 0 Å². The highest BCUT2D eigenvalue weighted by Gasteiger charge is 2.46. The molecule has 3 nitrogen and oxygen atoms in total. The number of hydrogen-bond donors (Lipinski definition) is 1. The van der Waals surface area contributed by atoms with Gasteiger partial charge in [0.25, 0.3) is 0 Å². The minimum atomic E-state index is 0.0134. The summed E-state index contributed by atoms with van der Waals surface area (Å²) < 4.78 is 0. The molecule has 2 aromatic rings. The van der Waals surface area contributed by atoms with E-state index in [-0.39, 0.29) is 17.4 Å². The highest BCUT2D eigenvalue weighted by atomic mass is 32.1. The van der Waals surface area contributed by atoms with Crippen molar-refractivity contribution in [3.63, 3.8) is 0 Å². The number of carbonyl (C=O) groups excluding carboxylic acids is 1. The number of nitrogens with one attached hydrogen (secondary N) is 1. The summed E-state index contributed by atoms with van der Waals surface area (Å²) in [5, 5.41) is 3.34. The molecule has 0 radical (unpaired) electrons. The predicted molar refractivity (Wildman–Crippen MR) is 98.2 cm³/mol. The number of carbonyl (C=O) groups is 1. The molecule has 1 aromatic heterocycles. The molecule has 1 unspecified atom stereocenters.